The van der Waals surface area contributed by atoms with Crippen LogP contribution in [-0.4, -0.2) is 23.8 Å². The smallest absolute Gasteiger partial charge is 0.305 e. The molecule has 0 aliphatic carbocycles. The molecule has 1 aliphatic rings. The number of aliphatic carboxylic acids is 1. The van der Waals surface area contributed by atoms with E-state index in [1.807, 2.05) is 30.3 Å². The number of hydrogen-bond donors (Lipinski definition) is 1. The summed E-state index contributed by atoms with van der Waals surface area (Å²) in [5.41, 5.74) is 1.38. The second-order valence-electron chi connectivity index (χ2n) is 5.19. The van der Waals surface area contributed by atoms with Crippen LogP contribution in [0.2, 0.25) is 0 Å². The van der Waals surface area contributed by atoms with Gasteiger partial charge in [-0.1, -0.05) is 48.5 Å². The number of rotatable bonds is 4. The minimum Gasteiger partial charge on any atom is -0.481 e. The third-order valence-corrected chi connectivity index (χ3v) is 5.69. The van der Waals surface area contributed by atoms with Crippen LogP contribution in [0.25, 0.3) is 0 Å². The molecular formula is C16H15NO4S. The molecule has 0 bridgehead atoms. The van der Waals surface area contributed by atoms with Crippen LogP contribution in [-0.2, 0) is 21.4 Å². The summed E-state index contributed by atoms with van der Waals surface area (Å²) in [5.74, 6) is -1.02. The Morgan fingerprint density at radius 2 is 1.68 bits per heavy atom. The highest BCUT2D eigenvalue weighted by Gasteiger charge is 2.43. The van der Waals surface area contributed by atoms with Gasteiger partial charge in [0.2, 0.25) is 10.0 Å². The number of hydrogen-bond acceptors (Lipinski definition) is 3. The second kappa shape index (κ2) is 5.55. The van der Waals surface area contributed by atoms with Crippen LogP contribution in [0.4, 0.5) is 0 Å². The SMILES string of the molecule is O=C(O)CC1c2ccccc2S(=O)(=O)N1Cc1ccccc1. The molecule has 0 amide bonds. The summed E-state index contributed by atoms with van der Waals surface area (Å²) in [6.45, 7) is 0.162. The van der Waals surface area contributed by atoms with E-state index in [4.69, 9.17) is 5.11 Å². The average molecular weight is 317 g/mol. The van der Waals surface area contributed by atoms with Crippen LogP contribution in [0.3, 0.4) is 0 Å². The molecular weight excluding hydrogens is 302 g/mol. The van der Waals surface area contributed by atoms with E-state index in [9.17, 15) is 13.2 Å². The van der Waals surface area contributed by atoms with Gasteiger partial charge in [0.05, 0.1) is 17.4 Å². The predicted molar refractivity (Wildman–Crippen MR) is 80.6 cm³/mol. The molecule has 22 heavy (non-hydrogen) atoms. The minimum atomic E-state index is -3.67. The highest BCUT2D eigenvalue weighted by atomic mass is 32.2. The zero-order valence-corrected chi connectivity index (χ0v) is 12.5. The summed E-state index contributed by atoms with van der Waals surface area (Å²) in [6, 6.07) is 15.1. The fraction of sp³-hybridized carbons (Fsp3) is 0.188. The van der Waals surface area contributed by atoms with Gasteiger partial charge in [0, 0.05) is 6.54 Å². The lowest BCUT2D eigenvalue weighted by atomic mass is 10.0. The van der Waals surface area contributed by atoms with Crippen molar-refractivity contribution in [3.8, 4) is 0 Å². The van der Waals surface area contributed by atoms with Crippen molar-refractivity contribution < 1.29 is 18.3 Å². The molecule has 6 heteroatoms. The van der Waals surface area contributed by atoms with E-state index in [0.29, 0.717) is 5.56 Å². The lowest BCUT2D eigenvalue weighted by molar-refractivity contribution is -0.138. The quantitative estimate of drug-likeness (QED) is 0.939. The molecule has 0 fully saturated rings. The van der Waals surface area contributed by atoms with Crippen LogP contribution in [0, 0.1) is 0 Å². The van der Waals surface area contributed by atoms with Crippen molar-refractivity contribution in [2.45, 2.75) is 23.9 Å². The summed E-state index contributed by atoms with van der Waals surface area (Å²) in [6.07, 6.45) is -0.247. The van der Waals surface area contributed by atoms with E-state index >= 15 is 0 Å². The highest BCUT2D eigenvalue weighted by Crippen LogP contribution is 2.42. The molecule has 1 unspecified atom stereocenters. The molecule has 0 radical (unpaired) electrons. The number of sulfonamides is 1. The third kappa shape index (κ3) is 2.51. The van der Waals surface area contributed by atoms with Gasteiger partial charge >= 0.3 is 5.97 Å². The predicted octanol–water partition coefficient (Wildman–Crippen LogP) is 2.41. The zero-order chi connectivity index (χ0) is 15.7. The summed E-state index contributed by atoms with van der Waals surface area (Å²) < 4.78 is 26.7. The van der Waals surface area contributed by atoms with Crippen LogP contribution in [0.1, 0.15) is 23.6 Å². The minimum absolute atomic E-state index is 0.162. The van der Waals surface area contributed by atoms with Crippen LogP contribution in [0.15, 0.2) is 59.5 Å². The van der Waals surface area contributed by atoms with Gasteiger partial charge in [0.25, 0.3) is 0 Å². The molecule has 2 aromatic rings. The molecule has 0 spiro atoms. The second-order valence-corrected chi connectivity index (χ2v) is 7.05. The molecule has 1 heterocycles. The van der Waals surface area contributed by atoms with Crippen LogP contribution >= 0.6 is 0 Å². The summed E-state index contributed by atoms with van der Waals surface area (Å²) in [5, 5.41) is 9.13. The molecule has 0 saturated heterocycles. The number of carbonyl (C=O) groups is 1. The largest absolute Gasteiger partial charge is 0.481 e. The number of fused-ring (bicyclic) bond motifs is 1. The van der Waals surface area contributed by atoms with Gasteiger partial charge < -0.3 is 5.11 Å². The number of carboxylic acids is 1. The lowest BCUT2D eigenvalue weighted by Gasteiger charge is -2.22. The number of nitrogens with zero attached hydrogens (tertiary/aromatic N) is 1. The Hall–Kier alpha value is -2.18. The normalized spacial score (nSPS) is 19.7. The molecule has 114 valence electrons. The fourth-order valence-electron chi connectivity index (χ4n) is 2.78. The Morgan fingerprint density at radius 3 is 2.36 bits per heavy atom. The van der Waals surface area contributed by atoms with Gasteiger partial charge in [-0.15, -0.1) is 0 Å². The maximum atomic E-state index is 12.7. The first kappa shape index (κ1) is 14.7. The average Bonchev–Trinajstić information content (AvgIpc) is 2.70. The Labute approximate surface area is 128 Å². The third-order valence-electron chi connectivity index (χ3n) is 3.76. The summed E-state index contributed by atoms with van der Waals surface area (Å²) >= 11 is 0. The Morgan fingerprint density at radius 1 is 1.05 bits per heavy atom. The van der Waals surface area contributed by atoms with Crippen molar-refractivity contribution in [1.82, 2.24) is 4.31 Å². The first-order chi connectivity index (χ1) is 10.5. The molecule has 2 aromatic carbocycles. The molecule has 3 rings (SSSR count). The maximum Gasteiger partial charge on any atom is 0.305 e. The Kier molecular flexibility index (Phi) is 3.72. The topological polar surface area (TPSA) is 74.7 Å². The molecule has 0 aromatic heterocycles. The molecule has 5 nitrogen and oxygen atoms in total. The standard InChI is InChI=1S/C16H15NO4S/c18-16(19)10-14-13-8-4-5-9-15(13)22(20,21)17(14)11-12-6-2-1-3-7-12/h1-9,14H,10-11H2,(H,18,19). The van der Waals surface area contributed by atoms with E-state index in [-0.39, 0.29) is 17.9 Å². The van der Waals surface area contributed by atoms with Gasteiger partial charge in [0.1, 0.15) is 0 Å². The number of benzene rings is 2. The van der Waals surface area contributed by atoms with Gasteiger partial charge in [0.15, 0.2) is 0 Å². The summed E-state index contributed by atoms with van der Waals surface area (Å²) in [4.78, 5) is 11.4. The van der Waals surface area contributed by atoms with Crippen LogP contribution in [0.5, 0.6) is 0 Å². The van der Waals surface area contributed by atoms with Gasteiger partial charge in [-0.25, -0.2) is 8.42 Å². The lowest BCUT2D eigenvalue weighted by Crippen LogP contribution is -2.29. The van der Waals surface area contributed by atoms with Crippen LogP contribution < -0.4 is 0 Å². The molecule has 1 N–H and O–H groups in total. The maximum absolute atomic E-state index is 12.7. The summed E-state index contributed by atoms with van der Waals surface area (Å²) in [7, 11) is -3.67. The first-order valence-electron chi connectivity index (χ1n) is 6.86. The molecule has 1 aliphatic heterocycles. The van der Waals surface area contributed by atoms with E-state index in [2.05, 4.69) is 0 Å². The van der Waals surface area contributed by atoms with E-state index in [1.165, 1.54) is 10.4 Å². The Bertz CT molecular complexity index is 802. The van der Waals surface area contributed by atoms with Crippen molar-refractivity contribution in [3.63, 3.8) is 0 Å². The molecule has 0 saturated carbocycles. The van der Waals surface area contributed by atoms with E-state index in [1.54, 1.807) is 18.2 Å². The van der Waals surface area contributed by atoms with Gasteiger partial charge in [-0.05, 0) is 17.2 Å². The van der Waals surface area contributed by atoms with Gasteiger partial charge in [-0.3, -0.25) is 4.79 Å². The van der Waals surface area contributed by atoms with Crippen molar-refractivity contribution >= 4 is 16.0 Å². The molecule has 1 atom stereocenters. The monoisotopic (exact) mass is 317 g/mol. The first-order valence-corrected chi connectivity index (χ1v) is 8.30. The Balaban J connectivity index is 2.05. The van der Waals surface area contributed by atoms with E-state index < -0.39 is 22.0 Å². The van der Waals surface area contributed by atoms with Gasteiger partial charge in [-0.2, -0.15) is 4.31 Å². The fourth-order valence-corrected chi connectivity index (χ4v) is 4.62. The van der Waals surface area contributed by atoms with Crippen molar-refractivity contribution in [2.24, 2.45) is 0 Å². The highest BCUT2D eigenvalue weighted by molar-refractivity contribution is 7.89. The van der Waals surface area contributed by atoms with Crippen molar-refractivity contribution in [1.29, 1.82) is 0 Å². The zero-order valence-electron chi connectivity index (χ0n) is 11.7. The number of carboxylic acid groups (broad SMARTS) is 1. The van der Waals surface area contributed by atoms with Crippen molar-refractivity contribution in [2.75, 3.05) is 0 Å². The van der Waals surface area contributed by atoms with E-state index in [0.717, 1.165) is 5.56 Å². The van der Waals surface area contributed by atoms with Crippen molar-refractivity contribution in [3.05, 3.63) is 65.7 Å².